The van der Waals surface area contributed by atoms with Crippen LogP contribution in [0.4, 0.5) is 5.69 Å². The molecule has 22 heavy (non-hydrogen) atoms. The minimum atomic E-state index is -0.824. The van der Waals surface area contributed by atoms with Crippen molar-refractivity contribution in [3.05, 3.63) is 23.2 Å². The summed E-state index contributed by atoms with van der Waals surface area (Å²) >= 11 is 6.14. The molecule has 1 aromatic rings. The molecule has 0 spiro atoms. The first-order valence-electron chi connectivity index (χ1n) is 7.84. The van der Waals surface area contributed by atoms with E-state index >= 15 is 0 Å². The number of hydrogen-bond donors (Lipinski definition) is 1. The van der Waals surface area contributed by atoms with Gasteiger partial charge in [0.1, 0.15) is 11.4 Å². The Labute approximate surface area is 138 Å². The van der Waals surface area contributed by atoms with Gasteiger partial charge in [0.05, 0.1) is 11.6 Å². The molecule has 0 aliphatic carbocycles. The molecule has 0 saturated carbocycles. The van der Waals surface area contributed by atoms with Crippen molar-refractivity contribution in [2.45, 2.75) is 52.6 Å². The van der Waals surface area contributed by atoms with Crippen molar-refractivity contribution in [2.24, 2.45) is 0 Å². The Morgan fingerprint density at radius 1 is 1.27 bits per heavy atom. The topological polar surface area (TPSA) is 47.6 Å². The van der Waals surface area contributed by atoms with Crippen molar-refractivity contribution in [3.63, 3.8) is 0 Å². The SMILES string of the molecule is CCCO[C@@](C)(CCC)C(=O)Nc1ccc(OCC)c(Cl)c1. The number of hydrogen-bond acceptors (Lipinski definition) is 3. The highest BCUT2D eigenvalue weighted by Gasteiger charge is 2.33. The fraction of sp³-hybridized carbons (Fsp3) is 0.588. The maximum atomic E-state index is 12.5. The van der Waals surface area contributed by atoms with Gasteiger partial charge in [0.2, 0.25) is 0 Å². The molecule has 1 N–H and O–H groups in total. The van der Waals surface area contributed by atoms with Gasteiger partial charge in [-0.15, -0.1) is 0 Å². The summed E-state index contributed by atoms with van der Waals surface area (Å²) in [5, 5.41) is 3.36. The van der Waals surface area contributed by atoms with Crippen LogP contribution >= 0.6 is 11.6 Å². The van der Waals surface area contributed by atoms with Gasteiger partial charge < -0.3 is 14.8 Å². The van der Waals surface area contributed by atoms with Gasteiger partial charge in [-0.2, -0.15) is 0 Å². The number of anilines is 1. The second-order valence-corrected chi connectivity index (χ2v) is 5.77. The first-order valence-corrected chi connectivity index (χ1v) is 8.22. The first-order chi connectivity index (χ1) is 10.5. The van der Waals surface area contributed by atoms with E-state index in [4.69, 9.17) is 21.1 Å². The van der Waals surface area contributed by atoms with Gasteiger partial charge in [0, 0.05) is 12.3 Å². The molecule has 1 rings (SSSR count). The minimum absolute atomic E-state index is 0.150. The second kappa shape index (κ2) is 9.01. The van der Waals surface area contributed by atoms with E-state index in [1.165, 1.54) is 0 Å². The maximum Gasteiger partial charge on any atom is 0.256 e. The van der Waals surface area contributed by atoms with Gasteiger partial charge in [-0.3, -0.25) is 4.79 Å². The van der Waals surface area contributed by atoms with Gasteiger partial charge in [-0.05, 0) is 44.9 Å². The van der Waals surface area contributed by atoms with Gasteiger partial charge >= 0.3 is 0 Å². The van der Waals surface area contributed by atoms with Crippen LogP contribution in [-0.4, -0.2) is 24.7 Å². The molecule has 1 aromatic carbocycles. The van der Waals surface area contributed by atoms with Crippen molar-refractivity contribution >= 4 is 23.2 Å². The Kier molecular flexibility index (Phi) is 7.69. The monoisotopic (exact) mass is 327 g/mol. The maximum absolute atomic E-state index is 12.5. The summed E-state index contributed by atoms with van der Waals surface area (Å²) in [6.07, 6.45) is 2.42. The molecule has 124 valence electrons. The Hall–Kier alpha value is -1.26. The molecule has 0 aliphatic rings. The van der Waals surface area contributed by atoms with Crippen LogP contribution in [-0.2, 0) is 9.53 Å². The lowest BCUT2D eigenvalue weighted by Crippen LogP contribution is -2.43. The normalized spacial score (nSPS) is 13.5. The Balaban J connectivity index is 2.82. The predicted molar refractivity (Wildman–Crippen MR) is 90.8 cm³/mol. The highest BCUT2D eigenvalue weighted by molar-refractivity contribution is 6.32. The van der Waals surface area contributed by atoms with Crippen LogP contribution in [0.2, 0.25) is 5.02 Å². The Morgan fingerprint density at radius 2 is 2.00 bits per heavy atom. The molecule has 1 atom stereocenters. The second-order valence-electron chi connectivity index (χ2n) is 5.36. The average Bonchev–Trinajstić information content (AvgIpc) is 2.48. The summed E-state index contributed by atoms with van der Waals surface area (Å²) in [5.41, 5.74) is -0.184. The largest absolute Gasteiger partial charge is 0.492 e. The minimum Gasteiger partial charge on any atom is -0.492 e. The molecular weight excluding hydrogens is 302 g/mol. The molecule has 0 unspecified atom stereocenters. The summed E-state index contributed by atoms with van der Waals surface area (Å²) in [4.78, 5) is 12.5. The van der Waals surface area contributed by atoms with Crippen LogP contribution < -0.4 is 10.1 Å². The summed E-state index contributed by atoms with van der Waals surface area (Å²) in [5.74, 6) is 0.462. The third-order valence-corrected chi connectivity index (χ3v) is 3.62. The number of benzene rings is 1. The standard InChI is InChI=1S/C17H26ClNO3/c1-5-10-17(4,22-11-6-2)16(20)19-13-8-9-15(21-7-3)14(18)12-13/h8-9,12H,5-7,10-11H2,1-4H3,(H,19,20)/t17-/m0/s1. The molecule has 0 bridgehead atoms. The smallest absolute Gasteiger partial charge is 0.256 e. The average molecular weight is 328 g/mol. The van der Waals surface area contributed by atoms with Crippen LogP contribution in [0.3, 0.4) is 0 Å². The Bertz CT molecular complexity index is 493. The van der Waals surface area contributed by atoms with Crippen LogP contribution in [0.5, 0.6) is 5.75 Å². The van der Waals surface area contributed by atoms with Gasteiger partial charge in [-0.1, -0.05) is 31.9 Å². The number of carbonyl (C=O) groups excluding carboxylic acids is 1. The van der Waals surface area contributed by atoms with E-state index in [-0.39, 0.29) is 5.91 Å². The molecule has 4 nitrogen and oxygen atoms in total. The lowest BCUT2D eigenvalue weighted by atomic mass is 9.99. The van der Waals surface area contributed by atoms with Gasteiger partial charge in [-0.25, -0.2) is 0 Å². The van der Waals surface area contributed by atoms with Crippen molar-refractivity contribution < 1.29 is 14.3 Å². The molecular formula is C17H26ClNO3. The van der Waals surface area contributed by atoms with Crippen LogP contribution in [0, 0.1) is 0 Å². The molecule has 0 aliphatic heterocycles. The highest BCUT2D eigenvalue weighted by atomic mass is 35.5. The van der Waals surface area contributed by atoms with E-state index in [1.54, 1.807) is 18.2 Å². The summed E-state index contributed by atoms with van der Waals surface area (Å²) in [6.45, 7) is 8.90. The molecule has 0 radical (unpaired) electrons. The van der Waals surface area contributed by atoms with E-state index in [1.807, 2.05) is 27.7 Å². The van der Waals surface area contributed by atoms with E-state index in [9.17, 15) is 4.79 Å². The zero-order chi connectivity index (χ0) is 16.6. The van der Waals surface area contributed by atoms with Crippen molar-refractivity contribution in [2.75, 3.05) is 18.5 Å². The lowest BCUT2D eigenvalue weighted by Gasteiger charge is -2.28. The van der Waals surface area contributed by atoms with Crippen molar-refractivity contribution in [1.82, 2.24) is 0 Å². The number of ether oxygens (including phenoxy) is 2. The molecule has 0 fully saturated rings. The molecule has 1 amide bonds. The van der Waals surface area contributed by atoms with Gasteiger partial charge in [0.25, 0.3) is 5.91 Å². The van der Waals surface area contributed by atoms with E-state index < -0.39 is 5.60 Å². The van der Waals surface area contributed by atoms with Crippen LogP contribution in [0.15, 0.2) is 18.2 Å². The Morgan fingerprint density at radius 3 is 2.55 bits per heavy atom. The zero-order valence-corrected chi connectivity index (χ0v) is 14.6. The quantitative estimate of drug-likeness (QED) is 0.717. The molecule has 0 aromatic heterocycles. The summed E-state index contributed by atoms with van der Waals surface area (Å²) < 4.78 is 11.2. The molecule has 5 heteroatoms. The number of rotatable bonds is 9. The fourth-order valence-electron chi connectivity index (χ4n) is 2.17. The lowest BCUT2D eigenvalue weighted by molar-refractivity contribution is -0.140. The number of amides is 1. The highest BCUT2D eigenvalue weighted by Crippen LogP contribution is 2.29. The number of nitrogens with one attached hydrogen (secondary N) is 1. The third kappa shape index (κ3) is 5.18. The van der Waals surface area contributed by atoms with Gasteiger partial charge in [0.15, 0.2) is 0 Å². The van der Waals surface area contributed by atoms with E-state index in [0.29, 0.717) is 36.1 Å². The van der Waals surface area contributed by atoms with Crippen molar-refractivity contribution in [3.8, 4) is 5.75 Å². The number of halogens is 1. The third-order valence-electron chi connectivity index (χ3n) is 3.32. The first kappa shape index (κ1) is 18.8. The van der Waals surface area contributed by atoms with E-state index in [2.05, 4.69) is 5.32 Å². The zero-order valence-electron chi connectivity index (χ0n) is 13.9. The van der Waals surface area contributed by atoms with E-state index in [0.717, 1.165) is 12.8 Å². The molecule has 0 heterocycles. The van der Waals surface area contributed by atoms with Crippen LogP contribution in [0.1, 0.15) is 47.0 Å². The fourth-order valence-corrected chi connectivity index (χ4v) is 2.41. The molecule has 0 saturated heterocycles. The number of carbonyl (C=O) groups is 1. The summed E-state index contributed by atoms with van der Waals surface area (Å²) in [6, 6.07) is 5.23. The van der Waals surface area contributed by atoms with Crippen molar-refractivity contribution in [1.29, 1.82) is 0 Å². The van der Waals surface area contributed by atoms with Crippen LogP contribution in [0.25, 0.3) is 0 Å². The predicted octanol–water partition coefficient (Wildman–Crippen LogP) is 4.66. The summed E-state index contributed by atoms with van der Waals surface area (Å²) in [7, 11) is 0.